The minimum Gasteiger partial charge on any atom is -0.462 e. The molecule has 2 atom stereocenters. The summed E-state index contributed by atoms with van der Waals surface area (Å²) >= 11 is 1.42. The zero-order chi connectivity index (χ0) is 42.9. The predicted molar refractivity (Wildman–Crippen MR) is 237 cm³/mol. The Bertz CT molecular complexity index is 1200. The third-order valence-corrected chi connectivity index (χ3v) is 11.9. The molecule has 0 amide bonds. The molecule has 0 aromatic carbocycles. The first-order valence-corrected chi connectivity index (χ1v) is 25.7. The van der Waals surface area contributed by atoms with Gasteiger partial charge in [0.1, 0.15) is 6.61 Å². The fraction of sp³-hybridized carbons (Fsp3) is 0.822. The van der Waals surface area contributed by atoms with Crippen molar-refractivity contribution in [2.24, 2.45) is 0 Å². The molecule has 0 fully saturated rings. The second-order valence-corrected chi connectivity index (χ2v) is 18.1. The first-order chi connectivity index (χ1) is 28.8. The summed E-state index contributed by atoms with van der Waals surface area (Å²) in [5, 5.41) is 0.801. The van der Waals surface area contributed by atoms with E-state index in [0.717, 1.165) is 43.6 Å². The number of phosphoric acid groups is 1. The molecule has 1 aromatic rings. The molecule has 0 spiro atoms. The molecule has 0 aliphatic carbocycles. The number of hydrogen-bond donors (Lipinski definition) is 2. The maximum atomic E-state index is 12.7. The van der Waals surface area contributed by atoms with E-state index in [1.54, 1.807) is 6.20 Å². The molecule has 14 heteroatoms. The van der Waals surface area contributed by atoms with Crippen molar-refractivity contribution in [2.75, 3.05) is 32.1 Å². The Labute approximate surface area is 361 Å². The standard InChI is InChI=1S/C45H81N2O10PS/c1-3-5-7-9-11-13-15-17-19-21-23-25-27-32-43(48)53-39-41(56-44(49)33-28-26-24-22-20-18-16-14-12-10-8-6-4-2)40-55-58(51,52)54-37-36-47-57-45(50)34-38-59-42-31-29-30-35-46-42/h29-31,35,41,47H,3-28,32-34,36-40H2,1-2H3,(H,51,52)/t41-/m1/s1. The van der Waals surface area contributed by atoms with Crippen LogP contribution < -0.4 is 5.48 Å². The number of hydrogen-bond acceptors (Lipinski definition) is 12. The molecule has 0 radical (unpaired) electrons. The van der Waals surface area contributed by atoms with Crippen molar-refractivity contribution in [1.29, 1.82) is 0 Å². The third-order valence-electron chi connectivity index (χ3n) is 9.96. The van der Waals surface area contributed by atoms with E-state index >= 15 is 0 Å². The van der Waals surface area contributed by atoms with Crippen molar-refractivity contribution in [3.05, 3.63) is 24.4 Å². The number of ether oxygens (including phenoxy) is 2. The summed E-state index contributed by atoms with van der Waals surface area (Å²) in [6.45, 7) is 3.32. The lowest BCUT2D eigenvalue weighted by Crippen LogP contribution is -2.29. The summed E-state index contributed by atoms with van der Waals surface area (Å²) < 4.78 is 33.7. The molecule has 1 aromatic heterocycles. The average Bonchev–Trinajstić information content (AvgIpc) is 3.22. The van der Waals surface area contributed by atoms with Crippen molar-refractivity contribution in [3.63, 3.8) is 0 Å². The summed E-state index contributed by atoms with van der Waals surface area (Å²) in [5.74, 6) is -0.908. The fourth-order valence-electron chi connectivity index (χ4n) is 6.46. The van der Waals surface area contributed by atoms with Crippen LogP contribution in [0.4, 0.5) is 0 Å². The van der Waals surface area contributed by atoms with Crippen LogP contribution in [0.1, 0.15) is 200 Å². The predicted octanol–water partition coefficient (Wildman–Crippen LogP) is 12.2. The summed E-state index contributed by atoms with van der Waals surface area (Å²) in [6, 6.07) is 5.53. The quantitative estimate of drug-likeness (QED) is 0.0159. The molecule has 1 heterocycles. The minimum atomic E-state index is -4.57. The second kappa shape index (κ2) is 40.1. The molecule has 1 rings (SSSR count). The van der Waals surface area contributed by atoms with Crippen LogP contribution in [-0.4, -0.2) is 66.0 Å². The molecular weight excluding hydrogens is 792 g/mol. The molecule has 0 bridgehead atoms. The van der Waals surface area contributed by atoms with Crippen molar-refractivity contribution >= 4 is 37.5 Å². The van der Waals surface area contributed by atoms with E-state index in [-0.39, 0.29) is 39.0 Å². The molecular formula is C45H81N2O10PS. The topological polar surface area (TPSA) is 160 Å². The van der Waals surface area contributed by atoms with Crippen molar-refractivity contribution in [1.82, 2.24) is 10.5 Å². The van der Waals surface area contributed by atoms with Crippen LogP contribution in [0.15, 0.2) is 29.4 Å². The van der Waals surface area contributed by atoms with E-state index < -0.39 is 38.4 Å². The summed E-state index contributed by atoms with van der Waals surface area (Å²) in [6.07, 6.45) is 32.4. The van der Waals surface area contributed by atoms with E-state index in [1.807, 2.05) is 18.2 Å². The number of carbonyl (C=O) groups excluding carboxylic acids is 3. The zero-order valence-electron chi connectivity index (χ0n) is 36.9. The van der Waals surface area contributed by atoms with Gasteiger partial charge in [-0.2, -0.15) is 5.48 Å². The molecule has 0 saturated carbocycles. The Morgan fingerprint density at radius 1 is 0.644 bits per heavy atom. The monoisotopic (exact) mass is 873 g/mol. The van der Waals surface area contributed by atoms with Gasteiger partial charge in [0.25, 0.3) is 0 Å². The van der Waals surface area contributed by atoms with E-state index in [9.17, 15) is 23.8 Å². The highest BCUT2D eigenvalue weighted by molar-refractivity contribution is 7.99. The number of carbonyl (C=O) groups is 3. The van der Waals surface area contributed by atoms with Gasteiger partial charge in [-0.1, -0.05) is 174 Å². The van der Waals surface area contributed by atoms with Crippen LogP contribution in [0.2, 0.25) is 0 Å². The van der Waals surface area contributed by atoms with Gasteiger partial charge in [0.2, 0.25) is 0 Å². The van der Waals surface area contributed by atoms with Gasteiger partial charge in [-0.3, -0.25) is 23.4 Å². The number of unbranched alkanes of at least 4 members (excludes halogenated alkanes) is 24. The fourth-order valence-corrected chi connectivity index (χ4v) is 8.00. The summed E-state index contributed by atoms with van der Waals surface area (Å²) in [4.78, 5) is 56.6. The van der Waals surface area contributed by atoms with Crippen molar-refractivity contribution < 1.29 is 47.2 Å². The van der Waals surface area contributed by atoms with E-state index in [1.165, 1.54) is 127 Å². The van der Waals surface area contributed by atoms with Gasteiger partial charge in [0.05, 0.1) is 31.2 Å². The third kappa shape index (κ3) is 37.5. The zero-order valence-corrected chi connectivity index (χ0v) is 38.6. The summed E-state index contributed by atoms with van der Waals surface area (Å²) in [5.41, 5.74) is 2.41. The molecule has 342 valence electrons. The van der Waals surface area contributed by atoms with Crippen LogP contribution in [0.25, 0.3) is 0 Å². The Balaban J connectivity index is 2.36. The lowest BCUT2D eigenvalue weighted by molar-refractivity contribution is -0.161. The SMILES string of the molecule is CCCCCCCCCCCCCCCC(=O)OC[C@H](COP(=O)(O)OCCNOC(=O)CCSc1ccccn1)OC(=O)CCCCCCCCCCCCCCC. The van der Waals surface area contributed by atoms with E-state index in [0.29, 0.717) is 18.6 Å². The van der Waals surface area contributed by atoms with Gasteiger partial charge in [-0.15, -0.1) is 11.8 Å². The molecule has 12 nitrogen and oxygen atoms in total. The average molecular weight is 873 g/mol. The van der Waals surface area contributed by atoms with Gasteiger partial charge < -0.3 is 19.2 Å². The van der Waals surface area contributed by atoms with Gasteiger partial charge in [-0.25, -0.2) is 9.55 Å². The number of aromatic nitrogens is 1. The molecule has 0 aliphatic heterocycles. The molecule has 0 aliphatic rings. The van der Waals surface area contributed by atoms with Crippen molar-refractivity contribution in [3.8, 4) is 0 Å². The Morgan fingerprint density at radius 3 is 1.63 bits per heavy atom. The van der Waals surface area contributed by atoms with Gasteiger partial charge in [0, 0.05) is 24.8 Å². The van der Waals surface area contributed by atoms with E-state index in [2.05, 4.69) is 24.3 Å². The first-order valence-electron chi connectivity index (χ1n) is 23.2. The molecule has 0 saturated heterocycles. The highest BCUT2D eigenvalue weighted by atomic mass is 32.2. The lowest BCUT2D eigenvalue weighted by atomic mass is 10.0. The van der Waals surface area contributed by atoms with Crippen LogP contribution in [-0.2, 0) is 42.3 Å². The maximum absolute atomic E-state index is 12.7. The molecule has 1 unspecified atom stereocenters. The van der Waals surface area contributed by atoms with Crippen LogP contribution in [0.3, 0.4) is 0 Å². The Kier molecular flexibility index (Phi) is 37.4. The number of phosphoric ester groups is 1. The number of pyridine rings is 1. The number of nitrogens with one attached hydrogen (secondary N) is 1. The summed E-state index contributed by atoms with van der Waals surface area (Å²) in [7, 11) is -4.57. The number of rotatable bonds is 43. The normalized spacial score (nSPS) is 12.9. The number of nitrogens with zero attached hydrogens (tertiary/aromatic N) is 1. The minimum absolute atomic E-state index is 0.0681. The van der Waals surface area contributed by atoms with Crippen LogP contribution >= 0.6 is 19.6 Å². The van der Waals surface area contributed by atoms with Gasteiger partial charge >= 0.3 is 25.7 Å². The van der Waals surface area contributed by atoms with Crippen LogP contribution in [0.5, 0.6) is 0 Å². The Hall–Kier alpha value is -2.02. The van der Waals surface area contributed by atoms with Gasteiger partial charge in [-0.05, 0) is 25.0 Å². The largest absolute Gasteiger partial charge is 0.472 e. The number of thioether (sulfide) groups is 1. The molecule has 59 heavy (non-hydrogen) atoms. The Morgan fingerprint density at radius 2 is 1.14 bits per heavy atom. The second-order valence-electron chi connectivity index (χ2n) is 15.5. The maximum Gasteiger partial charge on any atom is 0.472 e. The molecule has 2 N–H and O–H groups in total. The highest BCUT2D eigenvalue weighted by Gasteiger charge is 2.26. The highest BCUT2D eigenvalue weighted by Crippen LogP contribution is 2.43. The van der Waals surface area contributed by atoms with E-state index in [4.69, 9.17) is 23.4 Å². The van der Waals surface area contributed by atoms with Crippen molar-refractivity contribution in [2.45, 2.75) is 211 Å². The first kappa shape index (κ1) is 55.0. The number of esters is 2. The number of hydroxylamine groups is 1. The smallest absolute Gasteiger partial charge is 0.462 e. The lowest BCUT2D eigenvalue weighted by Gasteiger charge is -2.20. The van der Waals surface area contributed by atoms with Crippen LogP contribution in [0, 0.1) is 0 Å². The van der Waals surface area contributed by atoms with Gasteiger partial charge in [0.15, 0.2) is 6.10 Å².